The SMILES string of the molecule is C=C(C)C(=O)OC(C)C(F)(F)F.C=C(C)C(=O)OC1CC2CC1C1CCCC21.C=C(C)C(=O)OCC.C=C(C)C(=O)OCC(C)(O)C(F)(F)F.C=C(C)C(=O)OCCC(C)(O)C(F)(F)F.C=CS(=O)(=O)O. The van der Waals surface area contributed by atoms with Crippen LogP contribution in [0.15, 0.2) is 72.7 Å². The summed E-state index contributed by atoms with van der Waals surface area (Å²) in [6.07, 6.45) is -10.0. The topological polar surface area (TPSA) is 226 Å². The van der Waals surface area contributed by atoms with Crippen molar-refractivity contribution in [2.24, 2.45) is 23.7 Å². The van der Waals surface area contributed by atoms with E-state index in [0.29, 0.717) is 42.9 Å². The van der Waals surface area contributed by atoms with Crippen LogP contribution in [0.5, 0.6) is 0 Å². The summed E-state index contributed by atoms with van der Waals surface area (Å²) in [4.78, 5) is 54.1. The number of rotatable bonds is 14. The third kappa shape index (κ3) is 28.0. The minimum absolute atomic E-state index is 0.0250. The van der Waals surface area contributed by atoms with Gasteiger partial charge in [-0.05, 0) is 112 Å². The Morgan fingerprint density at radius 3 is 1.39 bits per heavy atom. The maximum absolute atomic E-state index is 12.1. The standard InChI is InChI=1S/C14H20O2.C9H13F3O3.C8H11F3O3.C7H9F3O2.C6H10O2.C2H4O3S/c1-8(2)14(15)16-13-7-9-6-12(13)11-5-3-4-10(9)11;1-6(2)7(13)15-5-4-8(3,14)9(10,11)12;1-5(2)6(12)14-4-7(3,13)8(9,10)11;1-4(2)6(11)12-5(3)7(8,9)10;1-4-8-6(7)5(2)3;1-2-6(3,4)5/h9-13H,1,3-7H2,2H3;14H,1,4-5H2,2-3H3;13H,1,4H2,2-3H3;5H,1H2,2-3H3;2,4H2,1,3H3;2H,1H2,(H,3,4,5). The van der Waals surface area contributed by atoms with Gasteiger partial charge in [-0.15, -0.1) is 0 Å². The molecule has 3 aliphatic carbocycles. The van der Waals surface area contributed by atoms with Crippen LogP contribution in [-0.4, -0.2) is 115 Å². The third-order valence-electron chi connectivity index (χ3n) is 10.1. The highest BCUT2D eigenvalue weighted by Gasteiger charge is 2.55. The van der Waals surface area contributed by atoms with E-state index >= 15 is 0 Å². The van der Waals surface area contributed by atoms with Crippen molar-refractivity contribution in [3.05, 3.63) is 72.7 Å². The molecule has 0 spiro atoms. The van der Waals surface area contributed by atoms with Gasteiger partial charge in [0.15, 0.2) is 17.3 Å². The van der Waals surface area contributed by atoms with Gasteiger partial charge in [-0.1, -0.05) is 45.9 Å². The van der Waals surface area contributed by atoms with E-state index in [2.05, 4.69) is 58.4 Å². The van der Waals surface area contributed by atoms with Crippen LogP contribution in [0.4, 0.5) is 39.5 Å². The van der Waals surface area contributed by atoms with Crippen molar-refractivity contribution in [2.45, 2.75) is 143 Å². The molecule has 3 aliphatic rings. The van der Waals surface area contributed by atoms with Gasteiger partial charge in [0, 0.05) is 34.3 Å². The van der Waals surface area contributed by atoms with Crippen LogP contribution in [0.2, 0.25) is 0 Å². The summed E-state index contributed by atoms with van der Waals surface area (Å²) in [6.45, 7) is 29.2. The van der Waals surface area contributed by atoms with E-state index in [-0.39, 0.29) is 34.8 Å². The number of fused-ring (bicyclic) bond motifs is 5. The lowest BCUT2D eigenvalue weighted by Gasteiger charge is -2.31. The van der Waals surface area contributed by atoms with E-state index in [9.17, 15) is 71.9 Å². The number of hydrogen-bond acceptors (Lipinski definition) is 14. The molecule has 3 rings (SSSR count). The predicted octanol–water partition coefficient (Wildman–Crippen LogP) is 9.36. The van der Waals surface area contributed by atoms with Crippen molar-refractivity contribution in [3.8, 4) is 0 Å². The van der Waals surface area contributed by atoms with Crippen molar-refractivity contribution in [1.82, 2.24) is 0 Å². The number of ether oxygens (including phenoxy) is 5. The van der Waals surface area contributed by atoms with Crippen LogP contribution in [0.3, 0.4) is 0 Å². The number of carbonyl (C=O) groups is 5. The second-order valence-electron chi connectivity index (χ2n) is 17.0. The fraction of sp³-hybridized carbons (Fsp3) is 0.630. The zero-order valence-corrected chi connectivity index (χ0v) is 42.0. The van der Waals surface area contributed by atoms with Gasteiger partial charge in [0.1, 0.15) is 12.7 Å². The number of esters is 5. The van der Waals surface area contributed by atoms with Crippen LogP contribution in [0.25, 0.3) is 0 Å². The lowest BCUT2D eigenvalue weighted by molar-refractivity contribution is -0.265. The Kier molecular flexibility index (Phi) is 29.8. The first kappa shape index (κ1) is 70.2. The number of hydrogen-bond donors (Lipinski definition) is 3. The largest absolute Gasteiger partial charge is 0.463 e. The van der Waals surface area contributed by atoms with E-state index in [1.54, 1.807) is 20.8 Å². The van der Waals surface area contributed by atoms with Crippen LogP contribution >= 0.6 is 0 Å². The van der Waals surface area contributed by atoms with Gasteiger partial charge in [0.2, 0.25) is 0 Å². The number of alkyl halides is 9. The Hall–Kier alpha value is -5.01. The molecule has 0 amide bonds. The average Bonchev–Trinajstić information content (AvgIpc) is 3.95. The van der Waals surface area contributed by atoms with Crippen molar-refractivity contribution < 1.29 is 110 Å². The van der Waals surface area contributed by atoms with Gasteiger partial charge in [0.25, 0.3) is 10.1 Å². The van der Waals surface area contributed by atoms with Crippen LogP contribution in [0, 0.1) is 23.7 Å². The lowest BCUT2D eigenvalue weighted by atomic mass is 9.80. The molecule has 0 radical (unpaired) electrons. The highest BCUT2D eigenvalue weighted by atomic mass is 32.2. The van der Waals surface area contributed by atoms with Crippen LogP contribution in [0.1, 0.15) is 101 Å². The third-order valence-corrected chi connectivity index (χ3v) is 10.5. The fourth-order valence-corrected chi connectivity index (χ4v) is 5.98. The molecule has 410 valence electrons. The molecule has 15 nitrogen and oxygen atoms in total. The van der Waals surface area contributed by atoms with Gasteiger partial charge in [-0.2, -0.15) is 47.9 Å². The summed E-state index contributed by atoms with van der Waals surface area (Å²) < 4.78 is 157. The maximum atomic E-state index is 12.1. The molecule has 0 aliphatic heterocycles. The second kappa shape index (κ2) is 30.1. The van der Waals surface area contributed by atoms with Crippen molar-refractivity contribution in [1.29, 1.82) is 0 Å². The first-order valence-corrected chi connectivity index (χ1v) is 22.8. The molecular weight excluding hydrogens is 996 g/mol. The quantitative estimate of drug-likeness (QED) is 0.0484. The molecule has 0 saturated heterocycles. The predicted molar refractivity (Wildman–Crippen MR) is 241 cm³/mol. The zero-order chi connectivity index (χ0) is 56.8. The van der Waals surface area contributed by atoms with Crippen LogP contribution in [-0.2, 0) is 57.8 Å². The summed E-state index contributed by atoms with van der Waals surface area (Å²) in [7, 11) is -3.90. The average molecular weight is 1060 g/mol. The summed E-state index contributed by atoms with van der Waals surface area (Å²) in [6, 6.07) is 0. The summed E-state index contributed by atoms with van der Waals surface area (Å²) in [5.41, 5.74) is -4.87. The Balaban J connectivity index is -0.000000802. The van der Waals surface area contributed by atoms with Crippen molar-refractivity contribution >= 4 is 40.0 Å². The van der Waals surface area contributed by atoms with Crippen molar-refractivity contribution in [3.63, 3.8) is 0 Å². The van der Waals surface area contributed by atoms with Gasteiger partial charge in [-0.25, -0.2) is 24.0 Å². The zero-order valence-electron chi connectivity index (χ0n) is 41.2. The summed E-state index contributed by atoms with van der Waals surface area (Å²) >= 11 is 0. The smallest absolute Gasteiger partial charge is 0.425 e. The molecule has 0 aromatic carbocycles. The lowest BCUT2D eigenvalue weighted by Crippen LogP contribution is -2.46. The summed E-state index contributed by atoms with van der Waals surface area (Å²) in [5.74, 6) is 0.0783. The van der Waals surface area contributed by atoms with Gasteiger partial charge >= 0.3 is 48.4 Å². The van der Waals surface area contributed by atoms with Gasteiger partial charge in [0.05, 0.1) is 18.6 Å². The highest BCUT2D eigenvalue weighted by molar-refractivity contribution is 7.88. The molecule has 3 fully saturated rings. The Bertz CT molecular complexity index is 1980. The fourth-order valence-electron chi connectivity index (χ4n) is 5.98. The molecule has 3 saturated carbocycles. The Labute approximate surface area is 408 Å². The molecule has 8 atom stereocenters. The van der Waals surface area contributed by atoms with Crippen molar-refractivity contribution in [2.75, 3.05) is 19.8 Å². The minimum atomic E-state index is -4.83. The van der Waals surface area contributed by atoms with E-state index in [1.807, 2.05) is 0 Å². The molecule has 0 aromatic rings. The van der Waals surface area contributed by atoms with E-state index in [4.69, 9.17) is 19.5 Å². The molecule has 25 heteroatoms. The second-order valence-corrected chi connectivity index (χ2v) is 18.4. The maximum Gasteiger partial charge on any atom is 0.425 e. The van der Waals surface area contributed by atoms with E-state index in [0.717, 1.165) is 31.1 Å². The van der Waals surface area contributed by atoms with Crippen LogP contribution < -0.4 is 0 Å². The first-order chi connectivity index (χ1) is 31.8. The first-order valence-electron chi connectivity index (χ1n) is 21.3. The molecule has 0 heterocycles. The number of carbonyl (C=O) groups excluding carboxylic acids is 5. The molecule has 3 N–H and O–H groups in total. The van der Waals surface area contributed by atoms with E-state index in [1.165, 1.54) is 46.5 Å². The Morgan fingerprint density at radius 2 is 1.04 bits per heavy atom. The van der Waals surface area contributed by atoms with E-state index < -0.39 is 83.5 Å². The number of halogens is 9. The normalized spacial score (nSPS) is 20.6. The molecule has 0 aromatic heterocycles. The molecule has 71 heavy (non-hydrogen) atoms. The molecular formula is C46H67F9O15S. The molecule has 2 bridgehead atoms. The monoisotopic (exact) mass is 1060 g/mol. The van der Waals surface area contributed by atoms with Gasteiger partial charge < -0.3 is 33.9 Å². The highest BCUT2D eigenvalue weighted by Crippen LogP contribution is 2.59. The minimum Gasteiger partial charge on any atom is -0.463 e. The molecule has 8 unspecified atom stereocenters. The van der Waals surface area contributed by atoms with Gasteiger partial charge in [-0.3, -0.25) is 4.55 Å². The number of aliphatic hydroxyl groups is 2. The Morgan fingerprint density at radius 1 is 0.648 bits per heavy atom. The summed E-state index contributed by atoms with van der Waals surface area (Å²) in [5, 5.41) is 18.3.